The second kappa shape index (κ2) is 8.78. The number of carbonyl (C=O) groups is 1. The Morgan fingerprint density at radius 1 is 0.871 bits per heavy atom. The maximum atomic E-state index is 12.6. The molecule has 3 aromatic carbocycles. The Morgan fingerprint density at radius 2 is 1.42 bits per heavy atom. The van der Waals surface area contributed by atoms with Crippen molar-refractivity contribution < 1.29 is 31.3 Å². The molecular formula is C21H20N2O6S2. The van der Waals surface area contributed by atoms with Crippen LogP contribution in [0, 0.1) is 13.8 Å². The van der Waals surface area contributed by atoms with Gasteiger partial charge in [-0.25, -0.2) is 17.9 Å². The molecule has 2 amide bonds. The maximum absolute atomic E-state index is 12.6. The number of hydrogen-bond donors (Lipinski definition) is 2. The number of hydrogen-bond acceptors (Lipinski definition) is 6. The van der Waals surface area contributed by atoms with Crippen LogP contribution in [0.25, 0.3) is 0 Å². The van der Waals surface area contributed by atoms with Crippen LogP contribution in [0.4, 0.5) is 10.5 Å². The van der Waals surface area contributed by atoms with Crippen LogP contribution in [0.15, 0.2) is 82.5 Å². The van der Waals surface area contributed by atoms with Crippen LogP contribution in [-0.4, -0.2) is 22.9 Å². The van der Waals surface area contributed by atoms with Gasteiger partial charge >= 0.3 is 16.1 Å². The van der Waals surface area contributed by atoms with Gasteiger partial charge in [0.15, 0.2) is 0 Å². The highest BCUT2D eigenvalue weighted by molar-refractivity contribution is 7.90. The van der Waals surface area contributed by atoms with Gasteiger partial charge in [0.1, 0.15) is 10.6 Å². The summed E-state index contributed by atoms with van der Waals surface area (Å²) in [5, 5.41) is 1.97. The minimum atomic E-state index is -4.53. The molecule has 0 unspecified atom stereocenters. The molecule has 0 aliphatic carbocycles. The first-order valence-corrected chi connectivity index (χ1v) is 11.6. The van der Waals surface area contributed by atoms with Gasteiger partial charge in [-0.05, 0) is 50.2 Å². The number of nitrogens with one attached hydrogen (secondary N) is 2. The average Bonchev–Trinajstić information content (AvgIpc) is 2.78. The summed E-state index contributed by atoms with van der Waals surface area (Å²) in [5.74, 6) is -0.900. The normalized spacial score (nSPS) is 13.4. The standard InChI is InChI=1S/C21H20N2O6S2/c1-15-6-10-19(11-7-15)30(25,26)23-21(24)22-17-4-3-5-18(14-17)29-31(27,28)20-12-8-16(2)9-13-20/h3-14H,1-2H3,(H2,22,23,24)/i3D,4D,5D,14D. The number of anilines is 1. The minimum Gasteiger partial charge on any atom is -0.379 e. The first-order chi connectivity index (χ1) is 16.2. The topological polar surface area (TPSA) is 119 Å². The van der Waals surface area contributed by atoms with Gasteiger partial charge in [-0.3, -0.25) is 0 Å². The molecule has 0 aliphatic heterocycles. The van der Waals surface area contributed by atoms with Gasteiger partial charge in [0, 0.05) is 11.7 Å². The van der Waals surface area contributed by atoms with E-state index in [2.05, 4.69) is 0 Å². The summed E-state index contributed by atoms with van der Waals surface area (Å²) >= 11 is 0. The first-order valence-electron chi connectivity index (χ1n) is 10.7. The lowest BCUT2D eigenvalue weighted by atomic mass is 10.2. The molecule has 0 spiro atoms. The summed E-state index contributed by atoms with van der Waals surface area (Å²) in [4.78, 5) is 11.9. The highest BCUT2D eigenvalue weighted by atomic mass is 32.2. The summed E-state index contributed by atoms with van der Waals surface area (Å²) < 4.78 is 88.9. The smallest absolute Gasteiger partial charge is 0.339 e. The fourth-order valence-corrected chi connectivity index (χ4v) is 4.11. The predicted molar refractivity (Wildman–Crippen MR) is 116 cm³/mol. The van der Waals surface area contributed by atoms with Gasteiger partial charge in [0.05, 0.1) is 10.4 Å². The van der Waals surface area contributed by atoms with Crippen molar-refractivity contribution >= 4 is 31.9 Å². The lowest BCUT2D eigenvalue weighted by Gasteiger charge is -2.11. The number of carbonyl (C=O) groups excluding carboxylic acids is 1. The zero-order valence-corrected chi connectivity index (χ0v) is 18.0. The lowest BCUT2D eigenvalue weighted by molar-refractivity contribution is 0.256. The molecule has 0 fully saturated rings. The van der Waals surface area contributed by atoms with E-state index in [1.165, 1.54) is 48.5 Å². The molecule has 0 radical (unpaired) electrons. The van der Waals surface area contributed by atoms with E-state index in [9.17, 15) is 21.6 Å². The van der Waals surface area contributed by atoms with E-state index in [1.807, 2.05) is 5.32 Å². The SMILES string of the molecule is [2H]c1c([2H])c(NC(=O)NS(=O)(=O)c2ccc(C)cc2)c([2H])c(OS(=O)(=O)c2ccc(C)cc2)c1[2H]. The molecule has 8 nitrogen and oxygen atoms in total. The summed E-state index contributed by atoms with van der Waals surface area (Å²) in [6.45, 7) is 3.48. The van der Waals surface area contributed by atoms with Crippen molar-refractivity contribution in [1.29, 1.82) is 0 Å². The van der Waals surface area contributed by atoms with Gasteiger partial charge in [-0.1, -0.05) is 41.4 Å². The van der Waals surface area contributed by atoms with E-state index in [0.29, 0.717) is 0 Å². The van der Waals surface area contributed by atoms with Crippen LogP contribution in [0.2, 0.25) is 0 Å². The van der Waals surface area contributed by atoms with Crippen LogP contribution in [0.1, 0.15) is 16.6 Å². The second-order valence-corrected chi connectivity index (χ2v) is 9.66. The molecule has 2 N–H and O–H groups in total. The number of urea groups is 1. The number of benzene rings is 3. The Kier molecular flexibility index (Phi) is 4.91. The third kappa shape index (κ3) is 5.83. The molecule has 0 aromatic heterocycles. The summed E-state index contributed by atoms with van der Waals surface area (Å²) in [5.41, 5.74) is 0.853. The van der Waals surface area contributed by atoms with E-state index in [1.54, 1.807) is 18.6 Å². The molecule has 0 atom stereocenters. The zero-order chi connectivity index (χ0) is 26.1. The Hall–Kier alpha value is -3.37. The molecule has 0 saturated carbocycles. The minimum absolute atomic E-state index is 0.216. The van der Waals surface area contributed by atoms with E-state index in [-0.39, 0.29) is 9.79 Å². The highest BCUT2D eigenvalue weighted by Gasteiger charge is 2.19. The van der Waals surface area contributed by atoms with Crippen molar-refractivity contribution in [3.63, 3.8) is 0 Å². The molecule has 162 valence electrons. The molecular weight excluding hydrogens is 440 g/mol. The summed E-state index contributed by atoms with van der Waals surface area (Å²) in [7, 11) is -8.84. The van der Waals surface area contributed by atoms with Gasteiger partial charge < -0.3 is 9.50 Å². The Bertz CT molecular complexity index is 1510. The van der Waals surface area contributed by atoms with Crippen molar-refractivity contribution in [1.82, 2.24) is 4.72 Å². The first kappa shape index (κ1) is 17.3. The molecule has 31 heavy (non-hydrogen) atoms. The molecule has 10 heteroatoms. The van der Waals surface area contributed by atoms with Crippen LogP contribution >= 0.6 is 0 Å². The van der Waals surface area contributed by atoms with Gasteiger partial charge in [0.25, 0.3) is 10.0 Å². The number of amides is 2. The van der Waals surface area contributed by atoms with Crippen LogP contribution in [-0.2, 0) is 20.1 Å². The molecule has 0 saturated heterocycles. The fourth-order valence-electron chi connectivity index (χ4n) is 2.33. The largest absolute Gasteiger partial charge is 0.379 e. The monoisotopic (exact) mass is 464 g/mol. The van der Waals surface area contributed by atoms with Crippen molar-refractivity contribution in [2.75, 3.05) is 5.32 Å². The van der Waals surface area contributed by atoms with Crippen molar-refractivity contribution in [2.45, 2.75) is 23.6 Å². The second-order valence-electron chi connectivity index (χ2n) is 6.43. The van der Waals surface area contributed by atoms with Gasteiger partial charge in [-0.15, -0.1) is 0 Å². The Balaban J connectivity index is 1.94. The van der Waals surface area contributed by atoms with E-state index in [0.717, 1.165) is 11.1 Å². The zero-order valence-electron chi connectivity index (χ0n) is 20.4. The summed E-state index contributed by atoms with van der Waals surface area (Å²) in [6, 6.07) is 6.34. The number of rotatable bonds is 6. The third-order valence-corrected chi connectivity index (χ3v) is 6.48. The molecule has 0 heterocycles. The van der Waals surface area contributed by atoms with Crippen LogP contribution in [0.3, 0.4) is 0 Å². The lowest BCUT2D eigenvalue weighted by Crippen LogP contribution is -2.34. The highest BCUT2D eigenvalue weighted by Crippen LogP contribution is 2.22. The average molecular weight is 465 g/mol. The van der Waals surface area contributed by atoms with E-state index < -0.39 is 61.8 Å². The van der Waals surface area contributed by atoms with Crippen LogP contribution in [0.5, 0.6) is 5.75 Å². The van der Waals surface area contributed by atoms with E-state index in [4.69, 9.17) is 9.67 Å². The molecule has 3 aromatic rings. The third-order valence-electron chi connectivity index (χ3n) is 3.90. The quantitative estimate of drug-likeness (QED) is 0.538. The van der Waals surface area contributed by atoms with Crippen molar-refractivity contribution in [2.24, 2.45) is 0 Å². The fraction of sp³-hybridized carbons (Fsp3) is 0.0952. The van der Waals surface area contributed by atoms with Gasteiger partial charge in [0.2, 0.25) is 0 Å². The predicted octanol–water partition coefficient (Wildman–Crippen LogP) is 3.58. The number of sulfonamides is 1. The maximum Gasteiger partial charge on any atom is 0.339 e. The van der Waals surface area contributed by atoms with Crippen molar-refractivity contribution in [3.8, 4) is 5.75 Å². The number of aryl methyl sites for hydroxylation is 2. The molecule has 0 bridgehead atoms. The molecule has 3 rings (SSSR count). The van der Waals surface area contributed by atoms with Crippen molar-refractivity contribution in [3.05, 3.63) is 83.8 Å². The van der Waals surface area contributed by atoms with Gasteiger partial charge in [-0.2, -0.15) is 8.42 Å². The van der Waals surface area contributed by atoms with E-state index >= 15 is 0 Å². The molecule has 0 aliphatic rings. The Morgan fingerprint density at radius 3 is 2.00 bits per heavy atom. The van der Waals surface area contributed by atoms with Crippen LogP contribution < -0.4 is 14.2 Å². The Labute approximate surface area is 186 Å². The summed E-state index contributed by atoms with van der Waals surface area (Å²) in [6.07, 6.45) is 0.